The van der Waals surface area contributed by atoms with Gasteiger partial charge in [0.2, 0.25) is 0 Å². The number of carbonyl (C=O) groups is 1. The molecule has 0 aromatic heterocycles. The molecule has 1 aromatic rings. The first-order valence-corrected chi connectivity index (χ1v) is 9.18. The number of urea groups is 1. The van der Waals surface area contributed by atoms with Crippen molar-refractivity contribution in [3.63, 3.8) is 0 Å². The number of nitrogens with zero attached hydrogens (tertiary/aromatic N) is 2. The number of aryl methyl sites for hydroxylation is 1. The first-order chi connectivity index (χ1) is 17.6. The van der Waals surface area contributed by atoms with Gasteiger partial charge in [0.15, 0.2) is 0 Å². The van der Waals surface area contributed by atoms with Gasteiger partial charge in [-0.2, -0.15) is 0 Å². The van der Waals surface area contributed by atoms with Crippen LogP contribution in [0.15, 0.2) is 18.2 Å². The Kier molecular flexibility index (Phi) is 3.52. The average molecular weight is 405 g/mol. The van der Waals surface area contributed by atoms with Crippen LogP contribution in [0.5, 0.6) is 0 Å². The summed E-state index contributed by atoms with van der Waals surface area (Å²) in [6.45, 7) is 0.0718. The lowest BCUT2D eigenvalue weighted by atomic mass is 9.84. The molecule has 1 heterocycles. The van der Waals surface area contributed by atoms with E-state index in [0.717, 1.165) is 18.3 Å². The minimum Gasteiger partial charge on any atom is -0.368 e. The second-order valence-corrected chi connectivity index (χ2v) is 6.65. The minimum atomic E-state index is -3.67. The highest BCUT2D eigenvalue weighted by molar-refractivity contribution is 6.34. The molecule has 1 aliphatic carbocycles. The van der Waals surface area contributed by atoms with Crippen LogP contribution in [0, 0.1) is 12.8 Å². The summed E-state index contributed by atoms with van der Waals surface area (Å²) in [5.74, 6) is -3.36. The standard InChI is InChI=1S/C21H33ClN4O/c1-16-4-3-5-19(20(16)22)26-14-12-25(13-15-26)11-10-17-6-8-18(9-7-17)24-21(27)23-2/h3-5,17-18H,6-15H2,1-2H3,(H2,23,24,27)/t17-,18-/i6D2,7D2,8D2,9D2,11D2,17D,18D. The smallest absolute Gasteiger partial charge is 0.314 e. The average Bonchev–Trinajstić information content (AvgIpc) is 2.84. The van der Waals surface area contributed by atoms with Crippen LogP contribution in [-0.2, 0) is 0 Å². The van der Waals surface area contributed by atoms with Crippen LogP contribution in [-0.4, -0.2) is 56.7 Å². The Morgan fingerprint density at radius 1 is 1.30 bits per heavy atom. The summed E-state index contributed by atoms with van der Waals surface area (Å²) >= 11 is 6.43. The monoisotopic (exact) mass is 404 g/mol. The van der Waals surface area contributed by atoms with Crippen molar-refractivity contribution in [2.24, 2.45) is 5.89 Å². The van der Waals surface area contributed by atoms with Gasteiger partial charge in [0, 0.05) is 54.3 Å². The number of hydrogen-bond donors (Lipinski definition) is 2. The fraction of sp³-hybridized carbons (Fsp3) is 0.667. The predicted octanol–water partition coefficient (Wildman–Crippen LogP) is 3.65. The maximum absolute atomic E-state index is 12.0. The van der Waals surface area contributed by atoms with Gasteiger partial charge in [-0.15, -0.1) is 0 Å². The van der Waals surface area contributed by atoms with Gasteiger partial charge in [0.05, 0.1) is 12.1 Å². The molecular formula is C21H33ClN4O. The molecule has 3 rings (SSSR count). The molecule has 1 aromatic carbocycles. The highest BCUT2D eigenvalue weighted by atomic mass is 35.5. The van der Waals surface area contributed by atoms with Crippen LogP contribution >= 0.6 is 11.6 Å². The van der Waals surface area contributed by atoms with Gasteiger partial charge in [0.25, 0.3) is 0 Å². The topological polar surface area (TPSA) is 47.6 Å². The molecule has 6 heteroatoms. The van der Waals surface area contributed by atoms with E-state index in [1.165, 1.54) is 4.90 Å². The number of hydrogen-bond acceptors (Lipinski definition) is 3. The summed E-state index contributed by atoms with van der Waals surface area (Å²) in [4.78, 5) is 15.2. The number of benzene rings is 1. The summed E-state index contributed by atoms with van der Waals surface area (Å²) in [6.07, 6.45) is -15.9. The van der Waals surface area contributed by atoms with Crippen LogP contribution in [0.25, 0.3) is 0 Å². The fourth-order valence-electron chi connectivity index (χ4n) is 2.84. The Bertz CT molecular complexity index is 1080. The van der Waals surface area contributed by atoms with Gasteiger partial charge in [-0.05, 0) is 62.9 Å². The molecule has 27 heavy (non-hydrogen) atoms. The first kappa shape index (κ1) is 9.84. The quantitative estimate of drug-likeness (QED) is 0.787. The molecule has 2 aliphatic rings. The molecule has 2 amide bonds. The van der Waals surface area contributed by atoms with Gasteiger partial charge < -0.3 is 15.5 Å². The van der Waals surface area contributed by atoms with E-state index >= 15 is 0 Å². The van der Waals surface area contributed by atoms with Crippen LogP contribution in [0.3, 0.4) is 0 Å². The third-order valence-corrected chi connectivity index (χ3v) is 4.91. The molecule has 2 fully saturated rings. The van der Waals surface area contributed by atoms with E-state index in [2.05, 4.69) is 0 Å². The van der Waals surface area contributed by atoms with Crippen molar-refractivity contribution < 1.29 is 21.2 Å². The lowest BCUT2D eigenvalue weighted by Crippen LogP contribution is -2.47. The highest BCUT2D eigenvalue weighted by Gasteiger charge is 2.24. The first-order valence-electron chi connectivity index (χ1n) is 14.8. The Balaban J connectivity index is 1.96. The normalized spacial score (nSPS) is 43.9. The van der Waals surface area contributed by atoms with E-state index in [4.69, 9.17) is 28.1 Å². The number of halogens is 1. The molecule has 1 saturated carbocycles. The summed E-state index contributed by atoms with van der Waals surface area (Å²) in [6, 6.07) is 0.764. The number of piperazine rings is 1. The maximum Gasteiger partial charge on any atom is 0.314 e. The van der Waals surface area contributed by atoms with E-state index in [9.17, 15) is 4.79 Å². The third-order valence-electron chi connectivity index (χ3n) is 4.41. The molecule has 1 saturated heterocycles. The van der Waals surface area contributed by atoms with Gasteiger partial charge in [-0.3, -0.25) is 4.90 Å². The van der Waals surface area contributed by atoms with Crippen molar-refractivity contribution in [2.75, 3.05) is 44.6 Å². The maximum atomic E-state index is 12.0. The molecule has 0 atom stereocenters. The molecule has 1 aliphatic heterocycles. The minimum absolute atomic E-state index is 0.0831. The highest BCUT2D eigenvalue weighted by Crippen LogP contribution is 2.30. The van der Waals surface area contributed by atoms with Crippen molar-refractivity contribution in [2.45, 2.75) is 44.9 Å². The zero-order valence-electron chi connectivity index (χ0n) is 27.4. The zero-order valence-corrected chi connectivity index (χ0v) is 16.2. The van der Waals surface area contributed by atoms with E-state index in [-0.39, 0.29) is 13.1 Å². The van der Waals surface area contributed by atoms with E-state index in [1.54, 1.807) is 5.32 Å². The van der Waals surface area contributed by atoms with Crippen LogP contribution in [0.2, 0.25) is 5.02 Å². The molecular weight excluding hydrogens is 360 g/mol. The Morgan fingerprint density at radius 2 is 2.00 bits per heavy atom. The van der Waals surface area contributed by atoms with Crippen LogP contribution < -0.4 is 15.5 Å². The van der Waals surface area contributed by atoms with Gasteiger partial charge >= 0.3 is 6.03 Å². The summed E-state index contributed by atoms with van der Waals surface area (Å²) < 4.78 is 103. The van der Waals surface area contributed by atoms with Crippen molar-refractivity contribution in [1.29, 1.82) is 0 Å². The van der Waals surface area contributed by atoms with Crippen molar-refractivity contribution in [3.05, 3.63) is 28.8 Å². The van der Waals surface area contributed by atoms with Crippen molar-refractivity contribution in [3.8, 4) is 0 Å². The van der Waals surface area contributed by atoms with E-state index in [1.807, 2.05) is 35.3 Å². The number of rotatable bonds is 5. The molecule has 0 radical (unpaired) electrons. The van der Waals surface area contributed by atoms with Gasteiger partial charge in [0.1, 0.15) is 0 Å². The number of carbonyl (C=O) groups excluding carboxylic acids is 1. The molecule has 2 N–H and O–H groups in total. The van der Waals surface area contributed by atoms with Crippen molar-refractivity contribution >= 4 is 23.3 Å². The second kappa shape index (κ2) is 9.65. The van der Waals surface area contributed by atoms with Gasteiger partial charge in [-0.1, -0.05) is 23.7 Å². The molecule has 150 valence electrons. The Labute approximate surface area is 185 Å². The summed E-state index contributed by atoms with van der Waals surface area (Å²) in [5, 5.41) is 4.28. The molecule has 0 spiro atoms. The number of anilines is 1. The Hall–Kier alpha value is -1.46. The van der Waals surface area contributed by atoms with E-state index in [0.29, 0.717) is 18.1 Å². The van der Waals surface area contributed by atoms with Crippen LogP contribution in [0.4, 0.5) is 10.5 Å². The predicted molar refractivity (Wildman–Crippen MR) is 113 cm³/mol. The lowest BCUT2D eigenvalue weighted by molar-refractivity contribution is 0.206. The SMILES string of the molecule is [2H]C([2H])(C[C@]1([2H])C([2H])([2H])C([2H])([2H])[C@@]([2H])(NC(=O)NC)C([2H])([2H])C1([2H])[2H])N1CCN(c2cccc(C)c2Cl)CC1. The largest absolute Gasteiger partial charge is 0.368 e. The van der Waals surface area contributed by atoms with Gasteiger partial charge in [-0.25, -0.2) is 4.79 Å². The molecule has 0 bridgehead atoms. The zero-order chi connectivity index (χ0) is 30.0. The second-order valence-electron chi connectivity index (χ2n) is 6.27. The number of nitrogens with one attached hydrogen (secondary N) is 2. The van der Waals surface area contributed by atoms with Crippen molar-refractivity contribution in [1.82, 2.24) is 15.5 Å². The molecule has 0 unspecified atom stereocenters. The Morgan fingerprint density at radius 3 is 2.67 bits per heavy atom. The third kappa shape index (κ3) is 5.52. The van der Waals surface area contributed by atoms with Crippen LogP contribution in [0.1, 0.15) is 53.9 Å². The number of amides is 2. The lowest BCUT2D eigenvalue weighted by Gasteiger charge is -2.37. The summed E-state index contributed by atoms with van der Waals surface area (Å²) in [7, 11) is 1.10. The fourth-order valence-corrected chi connectivity index (χ4v) is 3.08. The molecule has 5 nitrogen and oxygen atoms in total. The summed E-state index contributed by atoms with van der Waals surface area (Å²) in [5.41, 5.74) is 1.62. The van der Waals surface area contributed by atoms with E-state index < -0.39 is 56.4 Å².